The smallest absolute Gasteiger partial charge is 0.294 e. The minimum absolute atomic E-state index is 0.00703. The van der Waals surface area contributed by atoms with E-state index in [-0.39, 0.29) is 11.3 Å². The van der Waals surface area contributed by atoms with Gasteiger partial charge in [-0.15, -0.1) is 0 Å². The van der Waals surface area contributed by atoms with Crippen LogP contribution in [0.15, 0.2) is 85.3 Å². The van der Waals surface area contributed by atoms with Crippen LogP contribution in [0.25, 0.3) is 11.0 Å². The molecule has 7 nitrogen and oxygen atoms in total. The Hall–Kier alpha value is -4.09. The monoisotopic (exact) mass is 502 g/mol. The first-order valence-corrected chi connectivity index (χ1v) is 10.7. The zero-order valence-electron chi connectivity index (χ0n) is 17.2. The maximum Gasteiger partial charge on any atom is 0.294 e. The number of hydrogen-bond donors (Lipinski definition) is 1. The van der Waals surface area contributed by atoms with E-state index in [1.54, 1.807) is 67.6 Å². The summed E-state index contributed by atoms with van der Waals surface area (Å²) < 4.78 is 12.3. The van der Waals surface area contributed by atoms with Crippen molar-refractivity contribution in [2.75, 3.05) is 4.90 Å². The van der Waals surface area contributed by atoms with E-state index in [2.05, 4.69) is 15.9 Å². The van der Waals surface area contributed by atoms with E-state index >= 15 is 0 Å². The molecule has 1 amide bonds. The standard InChI is InChI=1S/C25H15BrN2O5/c1-13-2-8-19(32-13)22-21(23(29)20-11-15-10-16(26)5-9-18(15)33-20)24(30)25(31)28(22)17-6-3-14(12-27)4-7-17/h2-11,22,30H,1H3. The van der Waals surface area contributed by atoms with E-state index in [0.29, 0.717) is 33.7 Å². The molecule has 1 atom stereocenters. The maximum absolute atomic E-state index is 13.5. The van der Waals surface area contributed by atoms with Crippen molar-refractivity contribution in [3.8, 4) is 6.07 Å². The summed E-state index contributed by atoms with van der Waals surface area (Å²) in [6.07, 6.45) is 0. The fourth-order valence-corrected chi connectivity index (χ4v) is 4.31. The molecule has 4 aromatic rings. The van der Waals surface area contributed by atoms with Gasteiger partial charge in [0, 0.05) is 15.5 Å². The van der Waals surface area contributed by atoms with Crippen LogP contribution in [0.5, 0.6) is 0 Å². The van der Waals surface area contributed by atoms with Gasteiger partial charge < -0.3 is 13.9 Å². The van der Waals surface area contributed by atoms with E-state index in [4.69, 9.17) is 14.1 Å². The van der Waals surface area contributed by atoms with Crippen molar-refractivity contribution in [2.45, 2.75) is 13.0 Å². The van der Waals surface area contributed by atoms with Crippen LogP contribution in [-0.2, 0) is 4.79 Å². The number of aryl methyl sites for hydroxylation is 1. The fourth-order valence-electron chi connectivity index (χ4n) is 3.93. The second-order valence-electron chi connectivity index (χ2n) is 7.57. The maximum atomic E-state index is 13.5. The average molecular weight is 503 g/mol. The summed E-state index contributed by atoms with van der Waals surface area (Å²) in [7, 11) is 0. The molecule has 2 aromatic carbocycles. The summed E-state index contributed by atoms with van der Waals surface area (Å²) in [6.45, 7) is 1.74. The van der Waals surface area contributed by atoms with Gasteiger partial charge in [0.1, 0.15) is 23.1 Å². The van der Waals surface area contributed by atoms with Gasteiger partial charge >= 0.3 is 0 Å². The third-order valence-electron chi connectivity index (χ3n) is 5.46. The first kappa shape index (κ1) is 20.8. The lowest BCUT2D eigenvalue weighted by Gasteiger charge is -2.24. The van der Waals surface area contributed by atoms with E-state index in [1.165, 1.54) is 4.90 Å². The lowest BCUT2D eigenvalue weighted by molar-refractivity contribution is -0.117. The molecule has 0 fully saturated rings. The molecule has 1 aliphatic rings. The number of nitrogens with zero attached hydrogens (tertiary/aromatic N) is 2. The molecule has 5 rings (SSSR count). The van der Waals surface area contributed by atoms with E-state index in [9.17, 15) is 14.7 Å². The topological polar surface area (TPSA) is 108 Å². The van der Waals surface area contributed by atoms with Gasteiger partial charge in [0.2, 0.25) is 5.78 Å². The normalized spacial score (nSPS) is 16.0. The number of carbonyl (C=O) groups excluding carboxylic acids is 2. The quantitative estimate of drug-likeness (QED) is 0.356. The molecule has 162 valence electrons. The van der Waals surface area contributed by atoms with Gasteiger partial charge in [-0.05, 0) is 67.6 Å². The van der Waals surface area contributed by atoms with E-state index in [1.807, 2.05) is 6.07 Å². The molecule has 2 aromatic heterocycles. The van der Waals surface area contributed by atoms with Crippen LogP contribution in [0.1, 0.15) is 33.7 Å². The molecular weight excluding hydrogens is 488 g/mol. The molecule has 0 saturated carbocycles. The number of carbonyl (C=O) groups is 2. The van der Waals surface area contributed by atoms with Crippen molar-refractivity contribution < 1.29 is 23.5 Å². The van der Waals surface area contributed by atoms with Crippen molar-refractivity contribution in [3.63, 3.8) is 0 Å². The molecule has 33 heavy (non-hydrogen) atoms. The highest BCUT2D eigenvalue weighted by molar-refractivity contribution is 9.10. The Morgan fingerprint density at radius 3 is 2.52 bits per heavy atom. The highest BCUT2D eigenvalue weighted by Gasteiger charge is 2.46. The SMILES string of the molecule is Cc1ccc(C2C(C(=O)c3cc4cc(Br)ccc4o3)=C(O)C(=O)N2c2ccc(C#N)cc2)o1. The minimum Gasteiger partial charge on any atom is -0.503 e. The molecule has 0 aliphatic carbocycles. The molecule has 0 saturated heterocycles. The van der Waals surface area contributed by atoms with Crippen molar-refractivity contribution in [1.82, 2.24) is 0 Å². The third-order valence-corrected chi connectivity index (χ3v) is 5.95. The number of Topliss-reactive ketones (excluding diaryl/α,β-unsaturated/α-hetero) is 1. The summed E-state index contributed by atoms with van der Waals surface area (Å²) in [5.74, 6) is -1.15. The van der Waals surface area contributed by atoms with Crippen LogP contribution in [0.3, 0.4) is 0 Å². The summed E-state index contributed by atoms with van der Waals surface area (Å²) in [5, 5.41) is 20.6. The van der Waals surface area contributed by atoms with Crippen LogP contribution in [0.4, 0.5) is 5.69 Å². The van der Waals surface area contributed by atoms with Crippen LogP contribution in [-0.4, -0.2) is 16.8 Å². The molecular formula is C25H15BrN2O5. The Balaban J connectivity index is 1.64. The number of anilines is 1. The van der Waals surface area contributed by atoms with Crippen molar-refractivity contribution in [2.24, 2.45) is 0 Å². The second-order valence-corrected chi connectivity index (χ2v) is 8.48. The second kappa shape index (κ2) is 7.80. The number of benzene rings is 2. The minimum atomic E-state index is -1.01. The number of hydrogen-bond acceptors (Lipinski definition) is 6. The first-order chi connectivity index (χ1) is 15.9. The summed E-state index contributed by atoms with van der Waals surface area (Å²) in [6, 6.07) is 17.6. The Kier molecular flexibility index (Phi) is 4.91. The number of amides is 1. The Morgan fingerprint density at radius 1 is 1.09 bits per heavy atom. The zero-order chi connectivity index (χ0) is 23.3. The molecule has 1 unspecified atom stereocenters. The zero-order valence-corrected chi connectivity index (χ0v) is 18.8. The lowest BCUT2D eigenvalue weighted by Crippen LogP contribution is -2.30. The molecule has 0 radical (unpaired) electrons. The number of halogens is 1. The van der Waals surface area contributed by atoms with Gasteiger partial charge in [-0.25, -0.2) is 0 Å². The highest BCUT2D eigenvalue weighted by atomic mass is 79.9. The van der Waals surface area contributed by atoms with Crippen LogP contribution >= 0.6 is 15.9 Å². The lowest BCUT2D eigenvalue weighted by atomic mass is 9.99. The number of rotatable bonds is 4. The van der Waals surface area contributed by atoms with Gasteiger partial charge in [0.25, 0.3) is 5.91 Å². The van der Waals surface area contributed by atoms with Crippen LogP contribution < -0.4 is 4.90 Å². The first-order valence-electron chi connectivity index (χ1n) is 9.94. The third kappa shape index (κ3) is 3.43. The summed E-state index contributed by atoms with van der Waals surface area (Å²) in [4.78, 5) is 28.0. The van der Waals surface area contributed by atoms with Crippen molar-refractivity contribution in [1.29, 1.82) is 5.26 Å². The van der Waals surface area contributed by atoms with Crippen LogP contribution in [0, 0.1) is 18.3 Å². The molecule has 3 heterocycles. The van der Waals surface area contributed by atoms with Gasteiger partial charge in [-0.3, -0.25) is 14.5 Å². The summed E-state index contributed by atoms with van der Waals surface area (Å²) in [5.41, 5.74) is 1.18. The molecule has 8 heteroatoms. The molecule has 0 bridgehead atoms. The van der Waals surface area contributed by atoms with Gasteiger partial charge in [0.05, 0.1) is 17.2 Å². The number of furan rings is 2. The molecule has 1 N–H and O–H groups in total. The average Bonchev–Trinajstić information content (AvgIpc) is 3.49. The van der Waals surface area contributed by atoms with Crippen molar-refractivity contribution >= 4 is 44.3 Å². The largest absolute Gasteiger partial charge is 0.503 e. The molecule has 0 spiro atoms. The van der Waals surface area contributed by atoms with E-state index in [0.717, 1.165) is 4.47 Å². The van der Waals surface area contributed by atoms with Gasteiger partial charge in [-0.2, -0.15) is 5.26 Å². The van der Waals surface area contributed by atoms with Gasteiger partial charge in [-0.1, -0.05) is 15.9 Å². The van der Waals surface area contributed by atoms with Gasteiger partial charge in [0.15, 0.2) is 11.5 Å². The Bertz CT molecular complexity index is 1500. The number of aliphatic hydroxyl groups excluding tert-OH is 1. The van der Waals surface area contributed by atoms with E-state index < -0.39 is 23.5 Å². The van der Waals surface area contributed by atoms with Crippen molar-refractivity contribution in [3.05, 3.63) is 99.3 Å². The predicted molar refractivity (Wildman–Crippen MR) is 123 cm³/mol. The fraction of sp³-hybridized carbons (Fsp3) is 0.0800. The molecule has 1 aliphatic heterocycles. The Labute approximate surface area is 196 Å². The number of fused-ring (bicyclic) bond motifs is 1. The predicted octanol–water partition coefficient (Wildman–Crippen LogP) is 5.75. The number of nitriles is 1. The van der Waals surface area contributed by atoms with Crippen LogP contribution in [0.2, 0.25) is 0 Å². The Morgan fingerprint density at radius 2 is 1.85 bits per heavy atom. The summed E-state index contributed by atoms with van der Waals surface area (Å²) >= 11 is 3.39. The highest BCUT2D eigenvalue weighted by Crippen LogP contribution is 2.43. The number of ketones is 1. The number of aliphatic hydroxyl groups is 1.